The number of thioether (sulfide) groups is 1. The molecular weight excluding hydrogens is 452 g/mol. The number of carbonyl (C=O) groups excluding carboxylic acids is 2. The molecule has 6 rings (SSSR count). The average molecular weight is 479 g/mol. The van der Waals surface area contributed by atoms with E-state index in [1.54, 1.807) is 0 Å². The largest absolute Gasteiger partial charge is 0.480 e. The number of rotatable bonds is 5. The number of amides is 2. The highest BCUT2D eigenvalue weighted by Crippen LogP contribution is 2.64. The Hall–Kier alpha value is -3.00. The third-order valence-corrected chi connectivity index (χ3v) is 8.94. The van der Waals surface area contributed by atoms with Crippen molar-refractivity contribution in [3.63, 3.8) is 0 Å². The van der Waals surface area contributed by atoms with Crippen molar-refractivity contribution in [2.75, 3.05) is 18.2 Å². The average Bonchev–Trinajstić information content (AvgIpc) is 3.18. The fraction of sp³-hybridized carbons (Fsp3) is 0.423. The molecule has 2 aromatic carbocycles. The predicted molar refractivity (Wildman–Crippen MR) is 127 cm³/mol. The maximum atomic E-state index is 13.2. The van der Waals surface area contributed by atoms with Gasteiger partial charge in [-0.1, -0.05) is 48.5 Å². The molecule has 7 nitrogen and oxygen atoms in total. The van der Waals surface area contributed by atoms with Gasteiger partial charge >= 0.3 is 12.1 Å². The second-order valence-corrected chi connectivity index (χ2v) is 10.8. The number of alkyl carbamates (subject to hydrolysis) is 1. The van der Waals surface area contributed by atoms with Crippen LogP contribution in [0.2, 0.25) is 0 Å². The first-order chi connectivity index (χ1) is 16.5. The normalized spacial score (nSPS) is 28.7. The topological polar surface area (TPSA) is 95.9 Å². The van der Waals surface area contributed by atoms with Crippen molar-refractivity contribution >= 4 is 29.7 Å². The number of hydrogen-bond acceptors (Lipinski definition) is 5. The minimum absolute atomic E-state index is 0.00340. The number of fused-ring (bicyclic) bond motifs is 4. The van der Waals surface area contributed by atoms with Gasteiger partial charge < -0.3 is 20.1 Å². The molecule has 1 heterocycles. The summed E-state index contributed by atoms with van der Waals surface area (Å²) in [5.74, 6) is 0.0606. The summed E-state index contributed by atoms with van der Waals surface area (Å²) in [4.78, 5) is 38.9. The quantitative estimate of drug-likeness (QED) is 0.681. The Balaban J connectivity index is 1.07. The number of nitrogens with one attached hydrogen (secondary N) is 1. The van der Waals surface area contributed by atoms with E-state index in [0.29, 0.717) is 18.1 Å². The molecule has 2 N–H and O–H groups in total. The highest BCUT2D eigenvalue weighted by atomic mass is 32.2. The Labute approximate surface area is 201 Å². The summed E-state index contributed by atoms with van der Waals surface area (Å²) in [7, 11) is 0. The van der Waals surface area contributed by atoms with Crippen molar-refractivity contribution < 1.29 is 24.2 Å². The Morgan fingerprint density at radius 3 is 2.41 bits per heavy atom. The number of carboxylic acid groups (broad SMARTS) is 1. The molecule has 3 aliphatic carbocycles. The van der Waals surface area contributed by atoms with Crippen LogP contribution in [-0.4, -0.2) is 58.3 Å². The summed E-state index contributed by atoms with van der Waals surface area (Å²) in [6.07, 6.45) is 1.60. The van der Waals surface area contributed by atoms with Gasteiger partial charge in [-0.25, -0.2) is 9.59 Å². The van der Waals surface area contributed by atoms with Gasteiger partial charge in [0.1, 0.15) is 12.6 Å². The first-order valence-corrected chi connectivity index (χ1v) is 12.9. The third-order valence-electron chi connectivity index (χ3n) is 7.93. The van der Waals surface area contributed by atoms with Gasteiger partial charge in [-0.2, -0.15) is 0 Å². The molecule has 3 unspecified atom stereocenters. The maximum absolute atomic E-state index is 13.2. The van der Waals surface area contributed by atoms with Crippen LogP contribution in [0.15, 0.2) is 48.5 Å². The number of hydrogen-bond donors (Lipinski definition) is 2. The lowest BCUT2D eigenvalue weighted by atomic mass is 9.98. The molecule has 0 aromatic heterocycles. The predicted octanol–water partition coefficient (Wildman–Crippen LogP) is 3.68. The highest BCUT2D eigenvalue weighted by Gasteiger charge is 2.67. The van der Waals surface area contributed by atoms with Gasteiger partial charge in [-0.15, -0.1) is 11.8 Å². The molecule has 2 amide bonds. The third kappa shape index (κ3) is 3.38. The van der Waals surface area contributed by atoms with Crippen molar-refractivity contribution in [1.29, 1.82) is 0 Å². The van der Waals surface area contributed by atoms with Crippen LogP contribution >= 0.6 is 11.8 Å². The van der Waals surface area contributed by atoms with Gasteiger partial charge in [0.2, 0.25) is 5.91 Å². The smallest absolute Gasteiger partial charge is 0.407 e. The van der Waals surface area contributed by atoms with Crippen LogP contribution in [0.3, 0.4) is 0 Å². The summed E-state index contributed by atoms with van der Waals surface area (Å²) in [5, 5.41) is 12.4. The summed E-state index contributed by atoms with van der Waals surface area (Å²) >= 11 is 1.48. The summed E-state index contributed by atoms with van der Waals surface area (Å²) < 4.78 is 5.67. The van der Waals surface area contributed by atoms with Crippen LogP contribution in [0.5, 0.6) is 0 Å². The van der Waals surface area contributed by atoms with Gasteiger partial charge in [-0.05, 0) is 47.4 Å². The minimum Gasteiger partial charge on any atom is -0.480 e. The molecule has 8 heteroatoms. The second kappa shape index (κ2) is 8.05. The van der Waals surface area contributed by atoms with Crippen LogP contribution in [0.4, 0.5) is 4.79 Å². The zero-order valence-electron chi connectivity index (χ0n) is 18.6. The molecule has 34 heavy (non-hydrogen) atoms. The van der Waals surface area contributed by atoms with Crippen molar-refractivity contribution in [3.8, 4) is 11.1 Å². The Morgan fingerprint density at radius 1 is 1.06 bits per heavy atom. The summed E-state index contributed by atoms with van der Waals surface area (Å²) in [6.45, 7) is 0.255. The molecule has 176 valence electrons. The van der Waals surface area contributed by atoms with Gasteiger partial charge in [0, 0.05) is 17.7 Å². The molecule has 1 aliphatic heterocycles. The number of carboxylic acids is 1. The lowest BCUT2D eigenvalue weighted by Crippen LogP contribution is -2.46. The molecule has 1 saturated heterocycles. The molecule has 0 bridgehead atoms. The van der Waals surface area contributed by atoms with E-state index in [2.05, 4.69) is 29.6 Å². The number of ether oxygens (including phenoxy) is 1. The van der Waals surface area contributed by atoms with Crippen molar-refractivity contribution in [2.24, 2.45) is 11.3 Å². The Kier molecular flexibility index (Phi) is 5.09. The van der Waals surface area contributed by atoms with E-state index < -0.39 is 23.5 Å². The lowest BCUT2D eigenvalue weighted by molar-refractivity contribution is -0.150. The standard InChI is InChI=1S/C26H26N2O5S/c29-23(30)22-13-34-14-28(22)24(31)26-10-15(26)9-16(11-26)27-25(32)33-12-21-19-7-3-1-5-17(19)18-6-2-4-8-20(18)21/h1-8,15-16,21-22H,9-14H2,(H,27,32)(H,29,30)/t15?,16?,22-,26?/m0/s1. The molecule has 3 fully saturated rings. The second-order valence-electron chi connectivity index (χ2n) is 9.79. The number of carbonyl (C=O) groups is 3. The first-order valence-electron chi connectivity index (χ1n) is 11.7. The van der Waals surface area contributed by atoms with Gasteiger partial charge in [-0.3, -0.25) is 4.79 Å². The zero-order chi connectivity index (χ0) is 23.4. The van der Waals surface area contributed by atoms with Crippen molar-refractivity contribution in [2.45, 2.75) is 37.3 Å². The van der Waals surface area contributed by atoms with Crippen molar-refractivity contribution in [3.05, 3.63) is 59.7 Å². The van der Waals surface area contributed by atoms with E-state index >= 15 is 0 Å². The number of nitrogens with zero attached hydrogens (tertiary/aromatic N) is 1. The van der Waals surface area contributed by atoms with E-state index in [1.165, 1.54) is 38.9 Å². The Morgan fingerprint density at radius 2 is 1.74 bits per heavy atom. The van der Waals surface area contributed by atoms with E-state index in [4.69, 9.17) is 4.74 Å². The molecule has 0 radical (unpaired) electrons. The maximum Gasteiger partial charge on any atom is 0.407 e. The van der Waals surface area contributed by atoms with E-state index in [1.807, 2.05) is 24.3 Å². The fourth-order valence-electron chi connectivity index (χ4n) is 6.21. The van der Waals surface area contributed by atoms with Crippen LogP contribution in [0.1, 0.15) is 36.3 Å². The van der Waals surface area contributed by atoms with Crippen LogP contribution in [0.25, 0.3) is 11.1 Å². The lowest BCUT2D eigenvalue weighted by Gasteiger charge is -2.26. The van der Waals surface area contributed by atoms with Crippen molar-refractivity contribution in [1.82, 2.24) is 10.2 Å². The van der Waals surface area contributed by atoms with Gasteiger partial charge in [0.25, 0.3) is 0 Å². The zero-order valence-corrected chi connectivity index (χ0v) is 19.4. The molecule has 2 aromatic rings. The van der Waals surface area contributed by atoms with E-state index in [0.717, 1.165) is 12.8 Å². The SMILES string of the molecule is O=C(NC1CC2CC2(C(=O)N2CSC[C@H]2C(=O)O)C1)OCC1c2ccccc2-c2ccccc21. The van der Waals surface area contributed by atoms with Gasteiger partial charge in [0.05, 0.1) is 11.3 Å². The minimum atomic E-state index is -0.946. The van der Waals surface area contributed by atoms with E-state index in [-0.39, 0.29) is 30.4 Å². The molecular formula is C26H26N2O5S. The van der Waals surface area contributed by atoms with Gasteiger partial charge in [0.15, 0.2) is 0 Å². The van der Waals surface area contributed by atoms with Crippen LogP contribution < -0.4 is 5.32 Å². The molecule has 2 saturated carbocycles. The summed E-state index contributed by atoms with van der Waals surface area (Å²) in [6, 6.07) is 15.6. The molecule has 4 aliphatic rings. The van der Waals surface area contributed by atoms with Crippen LogP contribution in [-0.2, 0) is 14.3 Å². The molecule has 0 spiro atoms. The Bertz CT molecular complexity index is 1140. The highest BCUT2D eigenvalue weighted by molar-refractivity contribution is 7.99. The number of aliphatic carboxylic acids is 1. The fourth-order valence-corrected chi connectivity index (χ4v) is 7.35. The monoisotopic (exact) mass is 478 g/mol. The molecule has 4 atom stereocenters. The van der Waals surface area contributed by atoms with E-state index in [9.17, 15) is 19.5 Å². The number of benzene rings is 2. The first kappa shape index (κ1) is 21.5. The summed E-state index contributed by atoms with van der Waals surface area (Å²) in [5.41, 5.74) is 4.19. The van der Waals surface area contributed by atoms with Crippen LogP contribution in [0, 0.1) is 11.3 Å².